The Kier molecular flexibility index (Phi) is 3.04. The van der Waals surface area contributed by atoms with E-state index in [9.17, 15) is 0 Å². The molecule has 0 bridgehead atoms. The van der Waals surface area contributed by atoms with Gasteiger partial charge in [0.15, 0.2) is 0 Å². The van der Waals surface area contributed by atoms with Crippen molar-refractivity contribution in [2.24, 2.45) is 0 Å². The summed E-state index contributed by atoms with van der Waals surface area (Å²) in [5.41, 5.74) is 3.40. The van der Waals surface area contributed by atoms with Gasteiger partial charge < -0.3 is 0 Å². The Bertz CT molecular complexity index is 780. The van der Waals surface area contributed by atoms with E-state index in [1.165, 1.54) is 16.3 Å². The molecular formula is C19H14. The number of fused-ring (bicyclic) bond motifs is 1. The molecule has 0 atom stereocenters. The van der Waals surface area contributed by atoms with Gasteiger partial charge in [-0.25, -0.2) is 0 Å². The standard InChI is InChI=1S/C19H14/c1-15-7-2-3-8-16(15)13-14-18-11-6-10-17-9-4-5-12-19(17)18/h2-12H,1H3. The van der Waals surface area contributed by atoms with Crippen molar-refractivity contribution in [3.8, 4) is 11.8 Å². The van der Waals surface area contributed by atoms with Crippen molar-refractivity contribution in [3.05, 3.63) is 83.4 Å². The summed E-state index contributed by atoms with van der Waals surface area (Å²) in [4.78, 5) is 0. The molecule has 0 aliphatic heterocycles. The van der Waals surface area contributed by atoms with Gasteiger partial charge in [-0.3, -0.25) is 0 Å². The molecule has 0 saturated carbocycles. The van der Waals surface area contributed by atoms with Crippen LogP contribution in [0.3, 0.4) is 0 Å². The lowest BCUT2D eigenvalue weighted by Crippen LogP contribution is -1.82. The molecule has 0 fully saturated rings. The van der Waals surface area contributed by atoms with Crippen molar-refractivity contribution in [2.45, 2.75) is 6.92 Å². The number of benzene rings is 3. The van der Waals surface area contributed by atoms with Crippen LogP contribution in [0.5, 0.6) is 0 Å². The number of aryl methyl sites for hydroxylation is 1. The smallest absolute Gasteiger partial charge is 0.0327 e. The van der Waals surface area contributed by atoms with Gasteiger partial charge in [0, 0.05) is 11.1 Å². The molecule has 3 aromatic carbocycles. The largest absolute Gasteiger partial charge is 0.0619 e. The number of hydrogen-bond donors (Lipinski definition) is 0. The normalized spacial score (nSPS) is 9.95. The Morgan fingerprint density at radius 1 is 0.632 bits per heavy atom. The topological polar surface area (TPSA) is 0 Å². The minimum absolute atomic E-state index is 1.08. The second-order valence-corrected chi connectivity index (χ2v) is 4.59. The van der Waals surface area contributed by atoms with Crippen LogP contribution in [-0.2, 0) is 0 Å². The lowest BCUT2D eigenvalue weighted by Gasteiger charge is -2.00. The van der Waals surface area contributed by atoms with Crippen LogP contribution in [0, 0.1) is 18.8 Å². The summed E-state index contributed by atoms with van der Waals surface area (Å²) < 4.78 is 0. The molecular weight excluding hydrogens is 228 g/mol. The van der Waals surface area contributed by atoms with Crippen LogP contribution in [0.1, 0.15) is 16.7 Å². The molecule has 0 saturated heterocycles. The molecule has 0 spiro atoms. The van der Waals surface area contributed by atoms with E-state index in [2.05, 4.69) is 73.4 Å². The lowest BCUT2D eigenvalue weighted by atomic mass is 10.0. The van der Waals surface area contributed by atoms with Crippen LogP contribution in [0.15, 0.2) is 66.7 Å². The average molecular weight is 242 g/mol. The minimum Gasteiger partial charge on any atom is -0.0619 e. The fourth-order valence-electron chi connectivity index (χ4n) is 2.18. The van der Waals surface area contributed by atoms with E-state index >= 15 is 0 Å². The zero-order chi connectivity index (χ0) is 13.1. The maximum absolute atomic E-state index is 3.29. The molecule has 0 unspecified atom stereocenters. The predicted octanol–water partition coefficient (Wildman–Crippen LogP) is 4.55. The molecule has 0 nitrogen and oxygen atoms in total. The Morgan fingerprint density at radius 2 is 1.26 bits per heavy atom. The molecule has 0 aliphatic rings. The summed E-state index contributed by atoms with van der Waals surface area (Å²) in [6.45, 7) is 2.09. The number of rotatable bonds is 0. The van der Waals surface area contributed by atoms with Crippen molar-refractivity contribution in [3.63, 3.8) is 0 Å². The lowest BCUT2D eigenvalue weighted by molar-refractivity contribution is 1.44. The van der Waals surface area contributed by atoms with Gasteiger partial charge in [0.2, 0.25) is 0 Å². The van der Waals surface area contributed by atoms with E-state index < -0.39 is 0 Å². The molecule has 19 heavy (non-hydrogen) atoms. The summed E-state index contributed by atoms with van der Waals surface area (Å²) in [7, 11) is 0. The molecule has 0 N–H and O–H groups in total. The fraction of sp³-hybridized carbons (Fsp3) is 0.0526. The van der Waals surface area contributed by atoms with Gasteiger partial charge in [0.1, 0.15) is 0 Å². The third-order valence-electron chi connectivity index (χ3n) is 3.27. The Balaban J connectivity index is 2.11. The molecule has 90 valence electrons. The molecule has 0 heterocycles. The molecule has 0 radical (unpaired) electrons. The maximum Gasteiger partial charge on any atom is 0.0327 e. The highest BCUT2D eigenvalue weighted by molar-refractivity contribution is 5.88. The van der Waals surface area contributed by atoms with E-state index in [4.69, 9.17) is 0 Å². The molecule has 0 aromatic heterocycles. The van der Waals surface area contributed by atoms with Crippen molar-refractivity contribution < 1.29 is 0 Å². The Hall–Kier alpha value is -2.52. The quantitative estimate of drug-likeness (QED) is 0.507. The van der Waals surface area contributed by atoms with Gasteiger partial charge in [-0.1, -0.05) is 66.4 Å². The van der Waals surface area contributed by atoms with Crippen LogP contribution in [0.25, 0.3) is 10.8 Å². The summed E-state index contributed by atoms with van der Waals surface area (Å²) in [6.07, 6.45) is 0. The van der Waals surface area contributed by atoms with Crippen LogP contribution in [0.4, 0.5) is 0 Å². The summed E-state index contributed by atoms with van der Waals surface area (Å²) >= 11 is 0. The summed E-state index contributed by atoms with van der Waals surface area (Å²) in [6, 6.07) is 22.8. The second-order valence-electron chi connectivity index (χ2n) is 4.59. The van der Waals surface area contributed by atoms with E-state index in [0.29, 0.717) is 0 Å². The van der Waals surface area contributed by atoms with E-state index in [1.54, 1.807) is 0 Å². The first-order valence-corrected chi connectivity index (χ1v) is 6.40. The SMILES string of the molecule is Cc1ccccc1C#Cc1cccc2ccccc12. The van der Waals surface area contributed by atoms with Gasteiger partial charge in [-0.05, 0) is 35.4 Å². The monoisotopic (exact) mass is 242 g/mol. The van der Waals surface area contributed by atoms with Crippen molar-refractivity contribution in [1.29, 1.82) is 0 Å². The maximum atomic E-state index is 3.29. The zero-order valence-electron chi connectivity index (χ0n) is 10.9. The predicted molar refractivity (Wildman–Crippen MR) is 81.1 cm³/mol. The van der Waals surface area contributed by atoms with E-state index in [-0.39, 0.29) is 0 Å². The van der Waals surface area contributed by atoms with Crippen LogP contribution >= 0.6 is 0 Å². The third kappa shape index (κ3) is 2.37. The van der Waals surface area contributed by atoms with Gasteiger partial charge in [-0.15, -0.1) is 0 Å². The first-order valence-electron chi connectivity index (χ1n) is 6.40. The molecule has 3 aromatic rings. The van der Waals surface area contributed by atoms with Crippen molar-refractivity contribution in [1.82, 2.24) is 0 Å². The Labute approximate surface area is 113 Å². The minimum atomic E-state index is 1.08. The third-order valence-corrected chi connectivity index (χ3v) is 3.27. The molecule has 0 amide bonds. The fourth-order valence-corrected chi connectivity index (χ4v) is 2.18. The van der Waals surface area contributed by atoms with Gasteiger partial charge in [0.25, 0.3) is 0 Å². The van der Waals surface area contributed by atoms with Gasteiger partial charge >= 0.3 is 0 Å². The highest BCUT2D eigenvalue weighted by atomic mass is 14.0. The molecule has 0 heteroatoms. The Morgan fingerprint density at radius 3 is 2.16 bits per heavy atom. The number of hydrogen-bond acceptors (Lipinski definition) is 0. The first-order chi connectivity index (χ1) is 9.34. The van der Waals surface area contributed by atoms with E-state index in [1.807, 2.05) is 12.1 Å². The van der Waals surface area contributed by atoms with Crippen molar-refractivity contribution >= 4 is 10.8 Å². The van der Waals surface area contributed by atoms with Gasteiger partial charge in [0.05, 0.1) is 0 Å². The molecule has 3 rings (SSSR count). The molecule has 0 aliphatic carbocycles. The van der Waals surface area contributed by atoms with Crippen LogP contribution in [-0.4, -0.2) is 0 Å². The summed E-state index contributed by atoms with van der Waals surface area (Å²) in [5, 5.41) is 2.45. The van der Waals surface area contributed by atoms with Crippen LogP contribution < -0.4 is 0 Å². The second kappa shape index (κ2) is 5.00. The van der Waals surface area contributed by atoms with Crippen molar-refractivity contribution in [2.75, 3.05) is 0 Å². The van der Waals surface area contributed by atoms with E-state index in [0.717, 1.165) is 11.1 Å². The average Bonchev–Trinajstić information content (AvgIpc) is 2.46. The summed E-state index contributed by atoms with van der Waals surface area (Å²) in [5.74, 6) is 6.57. The highest BCUT2D eigenvalue weighted by Gasteiger charge is 1.96. The van der Waals surface area contributed by atoms with Crippen LogP contribution in [0.2, 0.25) is 0 Å². The highest BCUT2D eigenvalue weighted by Crippen LogP contribution is 2.17. The van der Waals surface area contributed by atoms with Gasteiger partial charge in [-0.2, -0.15) is 0 Å². The zero-order valence-corrected chi connectivity index (χ0v) is 10.9. The first kappa shape index (κ1) is 11.6.